The molecule has 0 fully saturated rings. The number of nitrogens with zero attached hydrogens (tertiary/aromatic N) is 1. The molecule has 0 amide bonds. The first-order valence-electron chi connectivity index (χ1n) is 18.8. The molecule has 0 saturated heterocycles. The van der Waals surface area contributed by atoms with Crippen molar-refractivity contribution in [2.75, 3.05) is 4.90 Å². The van der Waals surface area contributed by atoms with E-state index in [0.29, 0.717) is 0 Å². The average Bonchev–Trinajstić information content (AvgIpc) is 3.97. The van der Waals surface area contributed by atoms with Crippen LogP contribution in [0.5, 0.6) is 0 Å². The van der Waals surface area contributed by atoms with Crippen LogP contribution in [0.4, 0.5) is 17.1 Å². The van der Waals surface area contributed by atoms with Gasteiger partial charge in [-0.3, -0.25) is 0 Å². The number of rotatable bonds is 4. The lowest BCUT2D eigenvalue weighted by molar-refractivity contribution is 0.659. The second-order valence-electron chi connectivity index (χ2n) is 15.2. The van der Waals surface area contributed by atoms with Crippen LogP contribution >= 0.6 is 0 Å². The van der Waals surface area contributed by atoms with Gasteiger partial charge in [0.25, 0.3) is 0 Å². The van der Waals surface area contributed by atoms with Crippen LogP contribution in [0.3, 0.4) is 0 Å². The van der Waals surface area contributed by atoms with Crippen molar-refractivity contribution in [2.24, 2.45) is 0 Å². The summed E-state index contributed by atoms with van der Waals surface area (Å²) in [6, 6.07) is 58.0. The van der Waals surface area contributed by atoms with Gasteiger partial charge in [0, 0.05) is 44.4 Å². The highest BCUT2D eigenvalue weighted by Gasteiger charge is 2.36. The molecule has 0 spiro atoms. The summed E-state index contributed by atoms with van der Waals surface area (Å²) in [7, 11) is 0. The quantitative estimate of drug-likeness (QED) is 0.183. The van der Waals surface area contributed by atoms with E-state index in [9.17, 15) is 0 Å². The van der Waals surface area contributed by atoms with Gasteiger partial charge >= 0.3 is 0 Å². The summed E-state index contributed by atoms with van der Waals surface area (Å²) in [6.45, 7) is 4.67. The Bertz CT molecular complexity index is 3340. The molecule has 0 saturated carbocycles. The second kappa shape index (κ2) is 11.0. The van der Waals surface area contributed by atoms with Crippen LogP contribution in [0.15, 0.2) is 177 Å². The Balaban J connectivity index is 1.18. The second-order valence-corrected chi connectivity index (χ2v) is 15.2. The van der Waals surface area contributed by atoms with Crippen molar-refractivity contribution in [3.63, 3.8) is 0 Å². The summed E-state index contributed by atoms with van der Waals surface area (Å²) < 4.78 is 20.2. The highest BCUT2D eigenvalue weighted by atomic mass is 16.3. The SMILES string of the molecule is CC1(C)c2ccccc2-c2ccc(N(c3ccc(-c4ccccc4)cc3)c3cc4oc5ccc6oc7ccccc7c6c5c4c4oc5ccccc5c34)cc21. The fourth-order valence-corrected chi connectivity index (χ4v) is 9.29. The van der Waals surface area contributed by atoms with E-state index in [1.54, 1.807) is 0 Å². The van der Waals surface area contributed by atoms with Gasteiger partial charge in [0.2, 0.25) is 0 Å². The standard InChI is InChI=1S/C51H33NO3/c1-51(2)38-17-9-6-14-34(38)35-25-24-33(28-39(35)51)52(32-22-20-31(21-23-32)30-12-4-3-5-13-30)40-29-45-49(50-46(40)36-15-7-11-19-42(36)55-50)48-44(54-45)27-26-43-47(48)37-16-8-10-18-41(37)53-43/h3-29H,1-2H3. The van der Waals surface area contributed by atoms with Crippen molar-refractivity contribution >= 4 is 82.9 Å². The van der Waals surface area contributed by atoms with Crippen LogP contribution in [0, 0.1) is 0 Å². The molecule has 11 aromatic rings. The molecule has 0 bridgehead atoms. The van der Waals surface area contributed by atoms with Gasteiger partial charge in [0.15, 0.2) is 0 Å². The molecule has 4 nitrogen and oxygen atoms in total. The highest BCUT2D eigenvalue weighted by Crippen LogP contribution is 2.53. The molecule has 8 aromatic carbocycles. The van der Waals surface area contributed by atoms with Gasteiger partial charge in [-0.05, 0) is 81.9 Å². The van der Waals surface area contributed by atoms with Gasteiger partial charge in [-0.2, -0.15) is 0 Å². The number of para-hydroxylation sites is 2. The van der Waals surface area contributed by atoms with Crippen molar-refractivity contribution in [1.82, 2.24) is 0 Å². The zero-order valence-corrected chi connectivity index (χ0v) is 30.3. The monoisotopic (exact) mass is 707 g/mol. The maximum Gasteiger partial charge on any atom is 0.149 e. The molecule has 4 heteroatoms. The van der Waals surface area contributed by atoms with Gasteiger partial charge in [-0.15, -0.1) is 0 Å². The van der Waals surface area contributed by atoms with Crippen LogP contribution in [0.25, 0.3) is 88.1 Å². The molecule has 0 unspecified atom stereocenters. The van der Waals surface area contributed by atoms with E-state index in [1.807, 2.05) is 30.3 Å². The summed E-state index contributed by atoms with van der Waals surface area (Å²) in [6.07, 6.45) is 0. The lowest BCUT2D eigenvalue weighted by atomic mass is 9.82. The molecular weight excluding hydrogens is 675 g/mol. The first-order valence-corrected chi connectivity index (χ1v) is 18.8. The minimum absolute atomic E-state index is 0.163. The highest BCUT2D eigenvalue weighted by molar-refractivity contribution is 6.33. The third kappa shape index (κ3) is 4.22. The van der Waals surface area contributed by atoms with Gasteiger partial charge in [0.05, 0.1) is 16.5 Å². The molecule has 1 aliphatic carbocycles. The fourth-order valence-electron chi connectivity index (χ4n) is 9.29. The van der Waals surface area contributed by atoms with Crippen molar-refractivity contribution in [1.29, 1.82) is 0 Å². The lowest BCUT2D eigenvalue weighted by Gasteiger charge is -2.29. The largest absolute Gasteiger partial charge is 0.456 e. The van der Waals surface area contributed by atoms with Crippen LogP contribution in [-0.4, -0.2) is 0 Å². The maximum atomic E-state index is 6.94. The Labute approximate surface area is 316 Å². The summed E-state index contributed by atoms with van der Waals surface area (Å²) in [4.78, 5) is 2.38. The zero-order valence-electron chi connectivity index (χ0n) is 30.3. The molecule has 260 valence electrons. The van der Waals surface area contributed by atoms with Gasteiger partial charge in [-0.25, -0.2) is 0 Å². The Morgan fingerprint density at radius 2 is 1.00 bits per heavy atom. The molecule has 3 heterocycles. The molecule has 3 aromatic heterocycles. The van der Waals surface area contributed by atoms with E-state index in [0.717, 1.165) is 88.4 Å². The van der Waals surface area contributed by atoms with Crippen LogP contribution < -0.4 is 4.90 Å². The molecule has 0 N–H and O–H groups in total. The van der Waals surface area contributed by atoms with Gasteiger partial charge in [-0.1, -0.05) is 123 Å². The van der Waals surface area contributed by atoms with Crippen LogP contribution in [0.1, 0.15) is 25.0 Å². The number of benzene rings is 8. The average molecular weight is 708 g/mol. The molecule has 0 radical (unpaired) electrons. The zero-order chi connectivity index (χ0) is 36.4. The van der Waals surface area contributed by atoms with E-state index in [1.165, 1.54) is 27.8 Å². The minimum Gasteiger partial charge on any atom is -0.456 e. The van der Waals surface area contributed by atoms with Gasteiger partial charge in [0.1, 0.15) is 33.5 Å². The first kappa shape index (κ1) is 30.4. The van der Waals surface area contributed by atoms with Gasteiger partial charge < -0.3 is 18.2 Å². The van der Waals surface area contributed by atoms with E-state index in [-0.39, 0.29) is 5.41 Å². The molecule has 0 atom stereocenters. The van der Waals surface area contributed by atoms with Crippen molar-refractivity contribution in [2.45, 2.75) is 19.3 Å². The summed E-state index contributed by atoms with van der Waals surface area (Å²) in [5.41, 5.74) is 15.4. The number of furan rings is 3. The summed E-state index contributed by atoms with van der Waals surface area (Å²) in [5, 5.41) is 6.13. The number of fused-ring (bicyclic) bond motifs is 14. The summed E-state index contributed by atoms with van der Waals surface area (Å²) in [5.74, 6) is 0. The minimum atomic E-state index is -0.163. The van der Waals surface area contributed by atoms with Crippen molar-refractivity contribution < 1.29 is 13.3 Å². The maximum absolute atomic E-state index is 6.94. The number of hydrogen-bond donors (Lipinski definition) is 0. The summed E-state index contributed by atoms with van der Waals surface area (Å²) >= 11 is 0. The lowest BCUT2D eigenvalue weighted by Crippen LogP contribution is -2.16. The third-order valence-corrected chi connectivity index (χ3v) is 11.9. The van der Waals surface area contributed by atoms with E-state index < -0.39 is 0 Å². The Kier molecular flexibility index (Phi) is 6.09. The van der Waals surface area contributed by atoms with Crippen molar-refractivity contribution in [3.8, 4) is 22.3 Å². The predicted molar refractivity (Wildman–Crippen MR) is 226 cm³/mol. The van der Waals surface area contributed by atoms with E-state index in [2.05, 4.69) is 152 Å². The third-order valence-electron chi connectivity index (χ3n) is 11.9. The predicted octanol–water partition coefficient (Wildman–Crippen LogP) is 14.8. The molecular formula is C51H33NO3. The van der Waals surface area contributed by atoms with Crippen LogP contribution in [-0.2, 0) is 5.41 Å². The Hall–Kier alpha value is -7.04. The normalized spacial score (nSPS) is 13.4. The molecule has 0 aliphatic heterocycles. The molecule has 12 rings (SSSR count). The molecule has 55 heavy (non-hydrogen) atoms. The Morgan fingerprint density at radius 3 is 1.80 bits per heavy atom. The smallest absolute Gasteiger partial charge is 0.149 e. The number of hydrogen-bond acceptors (Lipinski definition) is 4. The molecule has 1 aliphatic rings. The number of anilines is 3. The fraction of sp³-hybridized carbons (Fsp3) is 0.0588. The van der Waals surface area contributed by atoms with Crippen molar-refractivity contribution in [3.05, 3.63) is 175 Å². The van der Waals surface area contributed by atoms with Crippen LogP contribution in [0.2, 0.25) is 0 Å². The first-order chi connectivity index (χ1) is 27.0. The topological polar surface area (TPSA) is 42.7 Å². The van der Waals surface area contributed by atoms with E-state index in [4.69, 9.17) is 13.3 Å². The Morgan fingerprint density at radius 1 is 0.400 bits per heavy atom. The van der Waals surface area contributed by atoms with E-state index >= 15 is 0 Å².